The molecule has 0 aliphatic heterocycles. The van der Waals surface area contributed by atoms with E-state index in [4.69, 9.17) is 5.11 Å². The van der Waals surface area contributed by atoms with Crippen LogP contribution in [-0.2, 0) is 6.61 Å². The number of thioether (sulfide) groups is 1. The quantitative estimate of drug-likeness (QED) is 0.464. The molecule has 1 N–H and O–H groups in total. The molecule has 0 bridgehead atoms. The van der Waals surface area contributed by atoms with Gasteiger partial charge in [-0.05, 0) is 24.6 Å². The fraction of sp³-hybridized carbons (Fsp3) is 0.333. The predicted molar refractivity (Wildman–Crippen MR) is 61.2 cm³/mol. The summed E-state index contributed by atoms with van der Waals surface area (Å²) in [6.07, 6.45) is 0.921. The van der Waals surface area contributed by atoms with Crippen LogP contribution in [0, 0.1) is 11.8 Å². The van der Waals surface area contributed by atoms with Gasteiger partial charge in [0.25, 0.3) is 0 Å². The van der Waals surface area contributed by atoms with Crippen LogP contribution < -0.4 is 0 Å². The molecule has 0 atom stereocenters. The first-order chi connectivity index (χ1) is 6.86. The van der Waals surface area contributed by atoms with E-state index in [0.29, 0.717) is 0 Å². The fourth-order valence-electron chi connectivity index (χ4n) is 1.08. The molecule has 1 rings (SSSR count). The van der Waals surface area contributed by atoms with Gasteiger partial charge in [0.05, 0.1) is 6.61 Å². The Balaban J connectivity index is 2.44. The smallest absolute Gasteiger partial charge is 0.0682 e. The predicted octanol–water partition coefficient (Wildman–Crippen LogP) is 2.68. The molecule has 0 saturated heterocycles. The zero-order valence-electron chi connectivity index (χ0n) is 8.29. The molecule has 14 heavy (non-hydrogen) atoms. The van der Waals surface area contributed by atoms with E-state index in [9.17, 15) is 0 Å². The molecule has 74 valence electrons. The molecule has 0 unspecified atom stereocenters. The SMILES string of the molecule is CC#CCCSc1cccc(CO)c1. The first kappa shape index (κ1) is 11.2. The van der Waals surface area contributed by atoms with Crippen LogP contribution in [0.25, 0.3) is 0 Å². The summed E-state index contributed by atoms with van der Waals surface area (Å²) < 4.78 is 0. The van der Waals surface area contributed by atoms with Gasteiger partial charge in [-0.15, -0.1) is 23.6 Å². The summed E-state index contributed by atoms with van der Waals surface area (Å²) >= 11 is 1.78. The van der Waals surface area contributed by atoms with Gasteiger partial charge in [0.15, 0.2) is 0 Å². The molecule has 1 aromatic carbocycles. The molecule has 0 aliphatic rings. The van der Waals surface area contributed by atoms with E-state index in [0.717, 1.165) is 17.7 Å². The third-order valence-corrected chi connectivity index (χ3v) is 2.75. The van der Waals surface area contributed by atoms with Gasteiger partial charge in [-0.2, -0.15) is 0 Å². The molecule has 1 nitrogen and oxygen atoms in total. The van der Waals surface area contributed by atoms with E-state index in [1.165, 1.54) is 4.90 Å². The first-order valence-corrected chi connectivity index (χ1v) is 5.57. The minimum absolute atomic E-state index is 0.114. The second-order valence-electron chi connectivity index (χ2n) is 2.83. The number of aliphatic hydroxyl groups is 1. The van der Waals surface area contributed by atoms with Crippen LogP contribution in [-0.4, -0.2) is 10.9 Å². The molecule has 2 heteroatoms. The van der Waals surface area contributed by atoms with Crippen LogP contribution in [0.5, 0.6) is 0 Å². The molecule has 0 aromatic heterocycles. The highest BCUT2D eigenvalue weighted by Crippen LogP contribution is 2.19. The summed E-state index contributed by atoms with van der Waals surface area (Å²) in [6.45, 7) is 1.97. The van der Waals surface area contributed by atoms with E-state index in [1.54, 1.807) is 11.8 Å². The van der Waals surface area contributed by atoms with Gasteiger partial charge in [-0.3, -0.25) is 0 Å². The Labute approximate surface area is 89.5 Å². The van der Waals surface area contributed by atoms with Gasteiger partial charge in [-0.25, -0.2) is 0 Å². The van der Waals surface area contributed by atoms with E-state index < -0.39 is 0 Å². The average molecular weight is 206 g/mol. The van der Waals surface area contributed by atoms with Crippen molar-refractivity contribution in [2.75, 3.05) is 5.75 Å². The van der Waals surface area contributed by atoms with Crippen molar-refractivity contribution in [2.45, 2.75) is 24.8 Å². The third kappa shape index (κ3) is 3.87. The van der Waals surface area contributed by atoms with Crippen LogP contribution >= 0.6 is 11.8 Å². The van der Waals surface area contributed by atoms with E-state index in [-0.39, 0.29) is 6.61 Å². The Bertz CT molecular complexity index is 336. The van der Waals surface area contributed by atoms with E-state index in [1.807, 2.05) is 25.1 Å². The van der Waals surface area contributed by atoms with Crippen LogP contribution in [0.1, 0.15) is 18.9 Å². The van der Waals surface area contributed by atoms with Crippen LogP contribution in [0.4, 0.5) is 0 Å². The van der Waals surface area contributed by atoms with Crippen LogP contribution in [0.2, 0.25) is 0 Å². The van der Waals surface area contributed by atoms with Crippen molar-refractivity contribution in [3.63, 3.8) is 0 Å². The van der Waals surface area contributed by atoms with Crippen molar-refractivity contribution < 1.29 is 5.11 Å². The normalized spacial score (nSPS) is 9.29. The number of aliphatic hydroxyl groups excluding tert-OH is 1. The fourth-order valence-corrected chi connectivity index (χ4v) is 1.93. The Morgan fingerprint density at radius 3 is 3.00 bits per heavy atom. The largest absolute Gasteiger partial charge is 0.392 e. The molecule has 0 fully saturated rings. The minimum Gasteiger partial charge on any atom is -0.392 e. The summed E-state index contributed by atoms with van der Waals surface area (Å²) in [5, 5.41) is 8.94. The molecule has 1 aromatic rings. The molecular weight excluding hydrogens is 192 g/mol. The molecule has 0 heterocycles. The van der Waals surface area contributed by atoms with Crippen molar-refractivity contribution in [2.24, 2.45) is 0 Å². The second kappa shape index (κ2) is 6.53. The lowest BCUT2D eigenvalue weighted by atomic mass is 10.2. The van der Waals surface area contributed by atoms with Crippen molar-refractivity contribution in [1.82, 2.24) is 0 Å². The topological polar surface area (TPSA) is 20.2 Å². The summed E-state index contributed by atoms with van der Waals surface area (Å²) in [5.41, 5.74) is 0.969. The lowest BCUT2D eigenvalue weighted by Gasteiger charge is -2.01. The van der Waals surface area contributed by atoms with E-state index in [2.05, 4.69) is 17.9 Å². The average Bonchev–Trinajstić information content (AvgIpc) is 2.25. The highest BCUT2D eigenvalue weighted by atomic mass is 32.2. The summed E-state index contributed by atoms with van der Waals surface area (Å²) in [4.78, 5) is 1.20. The standard InChI is InChI=1S/C12H14OS/c1-2-3-4-8-14-12-7-5-6-11(9-12)10-13/h5-7,9,13H,4,8,10H2,1H3. The van der Waals surface area contributed by atoms with Gasteiger partial charge in [-0.1, -0.05) is 12.1 Å². The van der Waals surface area contributed by atoms with Crippen LogP contribution in [0.3, 0.4) is 0 Å². The molecule has 0 aliphatic carbocycles. The highest BCUT2D eigenvalue weighted by Gasteiger charge is 1.94. The molecular formula is C12H14OS. The van der Waals surface area contributed by atoms with Crippen molar-refractivity contribution in [3.05, 3.63) is 29.8 Å². The van der Waals surface area contributed by atoms with Crippen molar-refractivity contribution >= 4 is 11.8 Å². The van der Waals surface area contributed by atoms with Gasteiger partial charge >= 0.3 is 0 Å². The molecule has 0 radical (unpaired) electrons. The van der Waals surface area contributed by atoms with E-state index >= 15 is 0 Å². The maximum atomic E-state index is 8.94. The molecule has 0 saturated carbocycles. The Morgan fingerprint density at radius 2 is 2.29 bits per heavy atom. The maximum Gasteiger partial charge on any atom is 0.0682 e. The van der Waals surface area contributed by atoms with Gasteiger partial charge in [0.1, 0.15) is 0 Å². The number of hydrogen-bond acceptors (Lipinski definition) is 2. The lowest BCUT2D eigenvalue weighted by Crippen LogP contribution is -1.83. The Morgan fingerprint density at radius 1 is 1.43 bits per heavy atom. The minimum atomic E-state index is 0.114. The van der Waals surface area contributed by atoms with Gasteiger partial charge in [0.2, 0.25) is 0 Å². The van der Waals surface area contributed by atoms with Gasteiger partial charge in [0, 0.05) is 17.1 Å². The van der Waals surface area contributed by atoms with Crippen molar-refractivity contribution in [1.29, 1.82) is 0 Å². The first-order valence-electron chi connectivity index (χ1n) is 4.59. The Hall–Kier alpha value is -0.910. The monoisotopic (exact) mass is 206 g/mol. The third-order valence-electron chi connectivity index (χ3n) is 1.75. The zero-order chi connectivity index (χ0) is 10.2. The maximum absolute atomic E-state index is 8.94. The lowest BCUT2D eigenvalue weighted by molar-refractivity contribution is 0.281. The zero-order valence-corrected chi connectivity index (χ0v) is 9.10. The number of hydrogen-bond donors (Lipinski definition) is 1. The summed E-state index contributed by atoms with van der Waals surface area (Å²) in [6, 6.07) is 7.97. The number of benzene rings is 1. The second-order valence-corrected chi connectivity index (χ2v) is 4.00. The molecule has 0 spiro atoms. The van der Waals surface area contributed by atoms with Crippen molar-refractivity contribution in [3.8, 4) is 11.8 Å². The van der Waals surface area contributed by atoms with Gasteiger partial charge < -0.3 is 5.11 Å². The summed E-state index contributed by atoms with van der Waals surface area (Å²) in [7, 11) is 0. The highest BCUT2D eigenvalue weighted by molar-refractivity contribution is 7.99. The molecule has 0 amide bonds. The van der Waals surface area contributed by atoms with Crippen LogP contribution in [0.15, 0.2) is 29.2 Å². The Kier molecular flexibility index (Phi) is 5.21. The summed E-state index contributed by atoms with van der Waals surface area (Å²) in [5.74, 6) is 6.91. The number of rotatable bonds is 4.